The minimum atomic E-state index is -0.656. The predicted molar refractivity (Wildman–Crippen MR) is 103 cm³/mol. The van der Waals surface area contributed by atoms with Crippen molar-refractivity contribution in [3.8, 4) is 17.1 Å². The topological polar surface area (TPSA) is 77.2 Å². The molecule has 0 spiro atoms. The third-order valence-corrected chi connectivity index (χ3v) is 4.34. The van der Waals surface area contributed by atoms with Gasteiger partial charge >= 0.3 is 0 Å². The minimum Gasteiger partial charge on any atom is -0.481 e. The Morgan fingerprint density at radius 2 is 2.04 bits per heavy atom. The molecule has 3 aromatic rings. The van der Waals surface area contributed by atoms with Gasteiger partial charge in [0, 0.05) is 5.56 Å². The molecule has 3 rings (SSSR count). The van der Waals surface area contributed by atoms with E-state index in [2.05, 4.69) is 15.5 Å². The first-order chi connectivity index (χ1) is 12.9. The average Bonchev–Trinajstić information content (AvgIpc) is 3.11. The Labute approximate surface area is 162 Å². The number of aryl methyl sites for hydroxylation is 2. The zero-order chi connectivity index (χ0) is 19.4. The molecule has 0 fully saturated rings. The van der Waals surface area contributed by atoms with Crippen LogP contribution in [0.1, 0.15) is 23.9 Å². The molecule has 27 heavy (non-hydrogen) atoms. The first-order valence-corrected chi connectivity index (χ1v) is 8.91. The zero-order valence-corrected chi connectivity index (χ0v) is 16.1. The number of carbonyl (C=O) groups is 1. The van der Waals surface area contributed by atoms with Crippen molar-refractivity contribution in [3.63, 3.8) is 0 Å². The highest BCUT2D eigenvalue weighted by atomic mass is 35.5. The Balaban J connectivity index is 1.59. The van der Waals surface area contributed by atoms with Crippen molar-refractivity contribution >= 4 is 17.5 Å². The van der Waals surface area contributed by atoms with Crippen molar-refractivity contribution in [1.29, 1.82) is 0 Å². The second-order valence-corrected chi connectivity index (χ2v) is 6.65. The van der Waals surface area contributed by atoms with Gasteiger partial charge in [0.15, 0.2) is 6.10 Å². The van der Waals surface area contributed by atoms with Crippen LogP contribution in [-0.4, -0.2) is 22.2 Å². The van der Waals surface area contributed by atoms with E-state index in [9.17, 15) is 4.79 Å². The van der Waals surface area contributed by atoms with Gasteiger partial charge in [-0.05, 0) is 50.1 Å². The third kappa shape index (κ3) is 4.65. The summed E-state index contributed by atoms with van der Waals surface area (Å²) in [5.74, 6) is 1.09. The summed E-state index contributed by atoms with van der Waals surface area (Å²) >= 11 is 6.13. The lowest BCUT2D eigenvalue weighted by Crippen LogP contribution is -2.36. The van der Waals surface area contributed by atoms with Crippen molar-refractivity contribution in [2.45, 2.75) is 33.4 Å². The fourth-order valence-electron chi connectivity index (χ4n) is 2.46. The van der Waals surface area contributed by atoms with Gasteiger partial charge in [-0.15, -0.1) is 0 Å². The average molecular weight is 386 g/mol. The molecular weight excluding hydrogens is 366 g/mol. The Hall–Kier alpha value is -2.86. The SMILES string of the molecule is Cc1ccc(C)c(O[C@H](C)C(=O)NCc2nc(-c3ccccc3Cl)no2)c1. The number of benzene rings is 2. The van der Waals surface area contributed by atoms with Gasteiger partial charge in [-0.2, -0.15) is 4.98 Å². The molecule has 0 aliphatic heterocycles. The second-order valence-electron chi connectivity index (χ2n) is 6.24. The highest BCUT2D eigenvalue weighted by Gasteiger charge is 2.17. The molecule has 1 N–H and O–H groups in total. The Morgan fingerprint density at radius 1 is 1.26 bits per heavy atom. The molecule has 0 aliphatic rings. The molecule has 140 valence electrons. The molecule has 0 unspecified atom stereocenters. The molecule has 0 saturated carbocycles. The molecular formula is C20H20ClN3O3. The molecule has 0 radical (unpaired) electrons. The third-order valence-electron chi connectivity index (χ3n) is 4.01. The summed E-state index contributed by atoms with van der Waals surface area (Å²) in [7, 11) is 0. The van der Waals surface area contributed by atoms with E-state index in [1.54, 1.807) is 19.1 Å². The van der Waals surface area contributed by atoms with Crippen LogP contribution in [0.4, 0.5) is 0 Å². The maximum atomic E-state index is 12.3. The van der Waals surface area contributed by atoms with Crippen LogP contribution in [-0.2, 0) is 11.3 Å². The van der Waals surface area contributed by atoms with Crippen LogP contribution in [0.3, 0.4) is 0 Å². The molecule has 1 amide bonds. The lowest BCUT2D eigenvalue weighted by Gasteiger charge is -2.16. The monoisotopic (exact) mass is 385 g/mol. The number of halogens is 1. The predicted octanol–water partition coefficient (Wildman–Crippen LogP) is 4.09. The van der Waals surface area contributed by atoms with E-state index >= 15 is 0 Å². The Kier molecular flexibility index (Phi) is 5.76. The first kappa shape index (κ1) is 18.9. The molecule has 6 nitrogen and oxygen atoms in total. The van der Waals surface area contributed by atoms with E-state index in [0.29, 0.717) is 22.2 Å². The highest BCUT2D eigenvalue weighted by Crippen LogP contribution is 2.25. The van der Waals surface area contributed by atoms with Gasteiger partial charge in [-0.3, -0.25) is 4.79 Å². The summed E-state index contributed by atoms with van der Waals surface area (Å²) in [6.45, 7) is 5.72. The molecule has 0 bridgehead atoms. The number of carbonyl (C=O) groups excluding carboxylic acids is 1. The van der Waals surface area contributed by atoms with Crippen molar-refractivity contribution in [1.82, 2.24) is 15.5 Å². The van der Waals surface area contributed by atoms with Gasteiger partial charge in [0.2, 0.25) is 11.7 Å². The van der Waals surface area contributed by atoms with Crippen molar-refractivity contribution < 1.29 is 14.1 Å². The molecule has 1 aromatic heterocycles. The standard InChI is InChI=1S/C20H20ClN3O3/c1-12-8-9-13(2)17(10-12)26-14(3)20(25)22-11-18-23-19(24-27-18)15-6-4-5-7-16(15)21/h4-10,14H,11H2,1-3H3,(H,22,25)/t14-/m1/s1. The fraction of sp³-hybridized carbons (Fsp3) is 0.250. The maximum Gasteiger partial charge on any atom is 0.261 e. The van der Waals surface area contributed by atoms with Crippen molar-refractivity contribution in [3.05, 3.63) is 64.5 Å². The number of nitrogens with one attached hydrogen (secondary N) is 1. The zero-order valence-electron chi connectivity index (χ0n) is 15.3. The lowest BCUT2D eigenvalue weighted by molar-refractivity contribution is -0.127. The van der Waals surface area contributed by atoms with Crippen LogP contribution in [0.15, 0.2) is 47.0 Å². The van der Waals surface area contributed by atoms with E-state index < -0.39 is 6.10 Å². The van der Waals surface area contributed by atoms with E-state index in [0.717, 1.165) is 11.1 Å². The van der Waals surface area contributed by atoms with Crippen LogP contribution >= 0.6 is 11.6 Å². The van der Waals surface area contributed by atoms with E-state index in [-0.39, 0.29) is 18.3 Å². The Bertz CT molecular complexity index is 955. The summed E-state index contributed by atoms with van der Waals surface area (Å²) in [6, 6.07) is 13.1. The van der Waals surface area contributed by atoms with Crippen molar-refractivity contribution in [2.24, 2.45) is 0 Å². The summed E-state index contributed by atoms with van der Waals surface area (Å²) in [5.41, 5.74) is 2.72. The molecule has 1 heterocycles. The number of ether oxygens (including phenoxy) is 1. The van der Waals surface area contributed by atoms with Gasteiger partial charge in [0.25, 0.3) is 5.91 Å². The van der Waals surface area contributed by atoms with Gasteiger partial charge in [-0.1, -0.05) is 41.0 Å². The van der Waals surface area contributed by atoms with Crippen LogP contribution < -0.4 is 10.1 Å². The fourth-order valence-corrected chi connectivity index (χ4v) is 2.68. The largest absolute Gasteiger partial charge is 0.481 e. The molecule has 1 atom stereocenters. The van der Waals surface area contributed by atoms with Gasteiger partial charge in [0.1, 0.15) is 5.75 Å². The summed E-state index contributed by atoms with van der Waals surface area (Å²) in [4.78, 5) is 16.6. The minimum absolute atomic E-state index is 0.108. The van der Waals surface area contributed by atoms with E-state index in [1.807, 2.05) is 44.2 Å². The van der Waals surface area contributed by atoms with Gasteiger partial charge in [0.05, 0.1) is 11.6 Å². The smallest absolute Gasteiger partial charge is 0.261 e. The number of amides is 1. The van der Waals surface area contributed by atoms with E-state index in [4.69, 9.17) is 20.9 Å². The summed E-state index contributed by atoms with van der Waals surface area (Å²) in [6.07, 6.45) is -0.656. The molecule has 2 aromatic carbocycles. The number of hydrogen-bond acceptors (Lipinski definition) is 5. The second kappa shape index (κ2) is 8.22. The van der Waals surface area contributed by atoms with Crippen LogP contribution in [0, 0.1) is 13.8 Å². The first-order valence-electron chi connectivity index (χ1n) is 8.53. The Morgan fingerprint density at radius 3 is 2.81 bits per heavy atom. The quantitative estimate of drug-likeness (QED) is 0.691. The van der Waals surface area contributed by atoms with Crippen LogP contribution in [0.2, 0.25) is 5.02 Å². The normalized spacial score (nSPS) is 11.9. The van der Waals surface area contributed by atoms with Crippen LogP contribution in [0.5, 0.6) is 5.75 Å². The van der Waals surface area contributed by atoms with Crippen LogP contribution in [0.25, 0.3) is 11.4 Å². The number of rotatable bonds is 6. The number of aromatic nitrogens is 2. The summed E-state index contributed by atoms with van der Waals surface area (Å²) in [5, 5.41) is 7.18. The lowest BCUT2D eigenvalue weighted by atomic mass is 10.1. The van der Waals surface area contributed by atoms with Gasteiger partial charge in [-0.25, -0.2) is 0 Å². The maximum absolute atomic E-state index is 12.3. The highest BCUT2D eigenvalue weighted by molar-refractivity contribution is 6.33. The van der Waals surface area contributed by atoms with Crippen molar-refractivity contribution in [2.75, 3.05) is 0 Å². The molecule has 0 aliphatic carbocycles. The van der Waals surface area contributed by atoms with E-state index in [1.165, 1.54) is 0 Å². The molecule has 7 heteroatoms. The van der Waals surface area contributed by atoms with Gasteiger partial charge < -0.3 is 14.6 Å². The molecule has 0 saturated heterocycles. The number of hydrogen-bond donors (Lipinski definition) is 1. The summed E-state index contributed by atoms with van der Waals surface area (Å²) < 4.78 is 11.0. The number of nitrogens with zero attached hydrogens (tertiary/aromatic N) is 2.